The second-order valence-electron chi connectivity index (χ2n) is 5.96. The lowest BCUT2D eigenvalue weighted by Crippen LogP contribution is -2.32. The average Bonchev–Trinajstić information content (AvgIpc) is 2.66. The Bertz CT molecular complexity index is 964. The maximum Gasteiger partial charge on any atom is 0.311 e. The van der Waals surface area contributed by atoms with Gasteiger partial charge < -0.3 is 9.47 Å². The highest BCUT2D eigenvalue weighted by atomic mass is 35.5. The van der Waals surface area contributed by atoms with E-state index in [1.807, 2.05) is 35.2 Å². The molecular formula is C21H17Cl3NO3+. The second kappa shape index (κ2) is 9.78. The summed E-state index contributed by atoms with van der Waals surface area (Å²) in [4.78, 5) is 12.3. The van der Waals surface area contributed by atoms with Crippen LogP contribution in [0.2, 0.25) is 15.1 Å². The molecule has 0 aliphatic heterocycles. The van der Waals surface area contributed by atoms with Crippen LogP contribution in [0.4, 0.5) is 0 Å². The molecule has 144 valence electrons. The van der Waals surface area contributed by atoms with Crippen molar-refractivity contribution in [1.29, 1.82) is 0 Å². The first-order valence-electron chi connectivity index (χ1n) is 8.58. The van der Waals surface area contributed by atoms with Crippen molar-refractivity contribution < 1.29 is 18.8 Å². The summed E-state index contributed by atoms with van der Waals surface area (Å²) in [6.45, 7) is 0.717. The van der Waals surface area contributed by atoms with Crippen LogP contribution in [0, 0.1) is 0 Å². The van der Waals surface area contributed by atoms with E-state index < -0.39 is 0 Å². The van der Waals surface area contributed by atoms with Gasteiger partial charge in [0.2, 0.25) is 0 Å². The maximum atomic E-state index is 12.3. The summed E-state index contributed by atoms with van der Waals surface area (Å²) in [6.07, 6.45) is 4.80. The monoisotopic (exact) mass is 436 g/mol. The van der Waals surface area contributed by atoms with Gasteiger partial charge in [-0.3, -0.25) is 4.79 Å². The Labute approximate surface area is 178 Å². The molecule has 3 aromatic rings. The number of rotatable bonds is 7. The van der Waals surface area contributed by atoms with E-state index in [4.69, 9.17) is 44.3 Å². The number of benzene rings is 2. The van der Waals surface area contributed by atoms with Crippen LogP contribution in [0.15, 0.2) is 67.0 Å². The minimum Gasteiger partial charge on any atom is -0.452 e. The molecule has 0 saturated carbocycles. The zero-order valence-electron chi connectivity index (χ0n) is 14.8. The number of hydrogen-bond acceptors (Lipinski definition) is 3. The highest BCUT2D eigenvalue weighted by Crippen LogP contribution is 2.37. The molecule has 0 aliphatic rings. The smallest absolute Gasteiger partial charge is 0.311 e. The summed E-state index contributed by atoms with van der Waals surface area (Å²) >= 11 is 18.1. The van der Waals surface area contributed by atoms with Crippen LogP contribution in [0.5, 0.6) is 17.2 Å². The van der Waals surface area contributed by atoms with Crippen molar-refractivity contribution in [2.45, 2.75) is 19.4 Å². The lowest BCUT2D eigenvalue weighted by atomic mass is 10.3. The summed E-state index contributed by atoms with van der Waals surface area (Å²) in [5, 5.41) is 1.27. The Kier molecular flexibility index (Phi) is 7.15. The van der Waals surface area contributed by atoms with Crippen molar-refractivity contribution in [3.05, 3.63) is 82.1 Å². The average molecular weight is 438 g/mol. The number of nitrogens with zero attached hydrogens (tertiary/aromatic N) is 1. The van der Waals surface area contributed by atoms with Crippen LogP contribution >= 0.6 is 34.8 Å². The lowest BCUT2D eigenvalue weighted by molar-refractivity contribution is -0.697. The minimum absolute atomic E-state index is 0.232. The highest BCUT2D eigenvalue weighted by molar-refractivity contribution is 6.35. The Hall–Kier alpha value is -2.27. The van der Waals surface area contributed by atoms with E-state index in [9.17, 15) is 4.79 Å². The normalized spacial score (nSPS) is 10.5. The molecule has 2 aromatic carbocycles. The molecule has 0 saturated heterocycles. The molecule has 1 aromatic heterocycles. The van der Waals surface area contributed by atoms with Crippen LogP contribution in [-0.2, 0) is 11.3 Å². The number of aromatic nitrogens is 1. The van der Waals surface area contributed by atoms with Crippen molar-refractivity contribution in [3.8, 4) is 17.2 Å². The maximum absolute atomic E-state index is 12.3. The van der Waals surface area contributed by atoms with Gasteiger partial charge in [-0.2, -0.15) is 0 Å². The number of carbonyl (C=O) groups is 1. The van der Waals surface area contributed by atoms with E-state index in [0.717, 1.165) is 6.54 Å². The molecule has 0 atom stereocenters. The largest absolute Gasteiger partial charge is 0.452 e. The molecule has 0 unspecified atom stereocenters. The number of ether oxygens (including phenoxy) is 2. The van der Waals surface area contributed by atoms with E-state index in [2.05, 4.69) is 0 Å². The van der Waals surface area contributed by atoms with Gasteiger partial charge in [0.25, 0.3) is 0 Å². The summed E-state index contributed by atoms with van der Waals surface area (Å²) < 4.78 is 13.3. The number of carbonyl (C=O) groups excluding carboxylic acids is 1. The highest BCUT2D eigenvalue weighted by Gasteiger charge is 2.14. The zero-order chi connectivity index (χ0) is 19.9. The molecule has 3 rings (SSSR count). The van der Waals surface area contributed by atoms with Gasteiger partial charge in [0.05, 0.1) is 11.4 Å². The zero-order valence-corrected chi connectivity index (χ0v) is 17.0. The third kappa shape index (κ3) is 5.86. The lowest BCUT2D eigenvalue weighted by Gasteiger charge is -2.13. The molecular weight excluding hydrogens is 421 g/mol. The van der Waals surface area contributed by atoms with Crippen LogP contribution in [0.3, 0.4) is 0 Å². The van der Waals surface area contributed by atoms with Crippen LogP contribution < -0.4 is 14.0 Å². The molecule has 0 aliphatic carbocycles. The van der Waals surface area contributed by atoms with Gasteiger partial charge in [-0.25, -0.2) is 4.57 Å². The molecule has 0 fully saturated rings. The van der Waals surface area contributed by atoms with Crippen LogP contribution in [0.25, 0.3) is 0 Å². The molecule has 0 amide bonds. The molecule has 28 heavy (non-hydrogen) atoms. The number of halogens is 3. The number of aryl methyl sites for hydroxylation is 1. The Morgan fingerprint density at radius 1 is 0.857 bits per heavy atom. The molecule has 0 bridgehead atoms. The predicted octanol–water partition coefficient (Wildman–Crippen LogP) is 6.11. The van der Waals surface area contributed by atoms with Crippen molar-refractivity contribution in [3.63, 3.8) is 0 Å². The fourth-order valence-corrected chi connectivity index (χ4v) is 3.09. The van der Waals surface area contributed by atoms with Crippen molar-refractivity contribution in [2.24, 2.45) is 0 Å². The first-order chi connectivity index (χ1) is 13.5. The van der Waals surface area contributed by atoms with Gasteiger partial charge in [0, 0.05) is 34.7 Å². The molecule has 4 nitrogen and oxygen atoms in total. The van der Waals surface area contributed by atoms with Gasteiger partial charge in [-0.05, 0) is 30.3 Å². The van der Waals surface area contributed by atoms with E-state index in [1.54, 1.807) is 30.3 Å². The Morgan fingerprint density at radius 2 is 1.54 bits per heavy atom. The predicted molar refractivity (Wildman–Crippen MR) is 109 cm³/mol. The first-order valence-corrected chi connectivity index (χ1v) is 9.72. The van der Waals surface area contributed by atoms with Gasteiger partial charge in [0.15, 0.2) is 23.9 Å². The van der Waals surface area contributed by atoms with Crippen LogP contribution in [-0.4, -0.2) is 5.97 Å². The minimum atomic E-state index is -0.370. The quantitative estimate of drug-likeness (QED) is 0.254. The first kappa shape index (κ1) is 20.5. The van der Waals surface area contributed by atoms with Gasteiger partial charge in [-0.1, -0.05) is 40.9 Å². The van der Waals surface area contributed by atoms with Gasteiger partial charge >= 0.3 is 5.97 Å². The van der Waals surface area contributed by atoms with Crippen LogP contribution in [0.1, 0.15) is 12.8 Å². The molecule has 0 spiro atoms. The van der Waals surface area contributed by atoms with Crippen molar-refractivity contribution in [1.82, 2.24) is 0 Å². The fraction of sp³-hybridized carbons (Fsp3) is 0.143. The summed E-state index contributed by atoms with van der Waals surface area (Å²) in [5.74, 6) is 0.590. The molecule has 0 N–H and O–H groups in total. The molecule has 7 heteroatoms. The summed E-state index contributed by atoms with van der Waals surface area (Å²) in [5.41, 5.74) is 0. The standard InChI is InChI=1S/C21H17Cl3NO3/c22-15-6-8-18(17(24)13-15)27-19-9-7-16(23)14-20(19)28-21(26)5-4-12-25-10-2-1-3-11-25/h1-3,6-11,13-14H,4-5,12H2/q+1. The third-order valence-corrected chi connectivity index (χ3v) is 4.58. The van der Waals surface area contributed by atoms with E-state index >= 15 is 0 Å². The fourth-order valence-electron chi connectivity index (χ4n) is 2.49. The Balaban J connectivity index is 1.65. The number of pyridine rings is 1. The summed E-state index contributed by atoms with van der Waals surface area (Å²) in [6, 6.07) is 15.5. The number of hydrogen-bond donors (Lipinski definition) is 0. The molecule has 0 radical (unpaired) electrons. The third-order valence-electron chi connectivity index (χ3n) is 3.82. The van der Waals surface area contributed by atoms with E-state index in [-0.39, 0.29) is 18.1 Å². The summed E-state index contributed by atoms with van der Waals surface area (Å²) in [7, 11) is 0. The van der Waals surface area contributed by atoms with Crippen molar-refractivity contribution in [2.75, 3.05) is 0 Å². The topological polar surface area (TPSA) is 39.4 Å². The van der Waals surface area contributed by atoms with E-state index in [1.165, 1.54) is 6.07 Å². The molecule has 1 heterocycles. The second-order valence-corrected chi connectivity index (χ2v) is 7.24. The van der Waals surface area contributed by atoms with Gasteiger partial charge in [0.1, 0.15) is 12.3 Å². The van der Waals surface area contributed by atoms with Crippen molar-refractivity contribution >= 4 is 40.8 Å². The van der Waals surface area contributed by atoms with Gasteiger partial charge in [-0.15, -0.1) is 0 Å². The Morgan fingerprint density at radius 3 is 2.25 bits per heavy atom. The van der Waals surface area contributed by atoms with E-state index in [0.29, 0.717) is 33.0 Å². The number of esters is 1. The SMILES string of the molecule is O=C(CCC[n+]1ccccc1)Oc1cc(Cl)ccc1Oc1ccc(Cl)cc1Cl.